The van der Waals surface area contributed by atoms with E-state index in [9.17, 15) is 14.4 Å². The fraction of sp³-hybridized carbons (Fsp3) is 0.786. The van der Waals surface area contributed by atoms with Gasteiger partial charge in [0.25, 0.3) is 0 Å². The number of likely N-dealkylation sites (tertiary alicyclic amines) is 1. The Hall–Kier alpha value is -1.63. The predicted molar refractivity (Wildman–Crippen MR) is 79.2 cm³/mol. The number of hydrogen-bond acceptors (Lipinski definition) is 4. The fourth-order valence-corrected chi connectivity index (χ4v) is 2.26. The van der Waals surface area contributed by atoms with Crippen LogP contribution in [-0.4, -0.2) is 54.3 Å². The van der Waals surface area contributed by atoms with Crippen LogP contribution in [0.25, 0.3) is 0 Å². The molecule has 1 aliphatic rings. The molecule has 21 heavy (non-hydrogen) atoms. The Kier molecular flexibility index (Phi) is 6.61. The molecule has 1 rings (SSSR count). The van der Waals surface area contributed by atoms with Crippen LogP contribution in [0.1, 0.15) is 33.6 Å². The van der Waals surface area contributed by atoms with E-state index in [1.807, 2.05) is 13.8 Å². The van der Waals surface area contributed by atoms with Crippen molar-refractivity contribution in [1.82, 2.24) is 15.5 Å². The maximum Gasteiger partial charge on any atom is 0.241 e. The normalized spacial score (nSPS) is 17.5. The van der Waals surface area contributed by atoms with E-state index in [1.54, 1.807) is 4.90 Å². The lowest BCUT2D eigenvalue weighted by atomic mass is 10.0. The molecule has 0 aromatic rings. The van der Waals surface area contributed by atoms with Crippen LogP contribution in [0.4, 0.5) is 0 Å². The highest BCUT2D eigenvalue weighted by Gasteiger charge is 2.24. The van der Waals surface area contributed by atoms with Gasteiger partial charge in [-0.2, -0.15) is 0 Å². The third-order valence-electron chi connectivity index (χ3n) is 3.69. The molecule has 1 atom stereocenters. The highest BCUT2D eigenvalue weighted by Crippen LogP contribution is 2.10. The molecule has 0 spiro atoms. The lowest BCUT2D eigenvalue weighted by Crippen LogP contribution is -2.51. The highest BCUT2D eigenvalue weighted by molar-refractivity contribution is 5.87. The standard InChI is InChI=1S/C14H26N4O3/c1-9(2)13(15)14(21)16-8-12(20)18-6-4-11(5-7-18)17-10(3)19/h9,11,13H,4-8,15H2,1-3H3,(H,16,21)(H,17,19)/t13-/m0/s1. The summed E-state index contributed by atoms with van der Waals surface area (Å²) in [5, 5.41) is 5.44. The number of rotatable bonds is 5. The van der Waals surface area contributed by atoms with Crippen molar-refractivity contribution >= 4 is 17.7 Å². The first-order chi connectivity index (χ1) is 9.81. The predicted octanol–water partition coefficient (Wildman–Crippen LogP) is -0.787. The molecule has 120 valence electrons. The van der Waals surface area contributed by atoms with Crippen LogP contribution in [-0.2, 0) is 14.4 Å². The number of hydrogen-bond donors (Lipinski definition) is 3. The number of nitrogens with one attached hydrogen (secondary N) is 2. The molecule has 0 bridgehead atoms. The molecule has 0 aromatic heterocycles. The third kappa shape index (κ3) is 5.71. The van der Waals surface area contributed by atoms with Crippen molar-refractivity contribution in [1.29, 1.82) is 0 Å². The van der Waals surface area contributed by atoms with Gasteiger partial charge >= 0.3 is 0 Å². The minimum atomic E-state index is -0.594. The van der Waals surface area contributed by atoms with Crippen LogP contribution in [0.3, 0.4) is 0 Å². The first-order valence-corrected chi connectivity index (χ1v) is 7.39. The number of piperidine rings is 1. The molecule has 0 unspecified atom stereocenters. The average molecular weight is 298 g/mol. The summed E-state index contributed by atoms with van der Waals surface area (Å²) >= 11 is 0. The Balaban J connectivity index is 2.31. The Labute approximate surface area is 125 Å². The Bertz CT molecular complexity index is 390. The highest BCUT2D eigenvalue weighted by atomic mass is 16.2. The van der Waals surface area contributed by atoms with Crippen molar-refractivity contribution in [3.8, 4) is 0 Å². The van der Waals surface area contributed by atoms with E-state index in [1.165, 1.54) is 6.92 Å². The molecule has 7 heteroatoms. The van der Waals surface area contributed by atoms with Crippen LogP contribution >= 0.6 is 0 Å². The van der Waals surface area contributed by atoms with Crippen molar-refractivity contribution in [3.05, 3.63) is 0 Å². The van der Waals surface area contributed by atoms with E-state index in [2.05, 4.69) is 10.6 Å². The molecule has 4 N–H and O–H groups in total. The topological polar surface area (TPSA) is 105 Å². The molecule has 1 saturated heterocycles. The first-order valence-electron chi connectivity index (χ1n) is 7.39. The van der Waals surface area contributed by atoms with E-state index in [-0.39, 0.29) is 36.2 Å². The number of carbonyl (C=O) groups is 3. The number of nitrogens with two attached hydrogens (primary N) is 1. The van der Waals surface area contributed by atoms with E-state index in [0.29, 0.717) is 13.1 Å². The second kappa shape index (κ2) is 7.97. The quantitative estimate of drug-likeness (QED) is 0.619. The summed E-state index contributed by atoms with van der Waals surface area (Å²) in [7, 11) is 0. The zero-order chi connectivity index (χ0) is 16.0. The van der Waals surface area contributed by atoms with Crippen molar-refractivity contribution in [3.63, 3.8) is 0 Å². The van der Waals surface area contributed by atoms with Crippen molar-refractivity contribution in [2.24, 2.45) is 11.7 Å². The molecule has 1 fully saturated rings. The van der Waals surface area contributed by atoms with Gasteiger partial charge in [-0.1, -0.05) is 13.8 Å². The van der Waals surface area contributed by atoms with Crippen molar-refractivity contribution in [2.75, 3.05) is 19.6 Å². The van der Waals surface area contributed by atoms with Gasteiger partial charge in [-0.3, -0.25) is 14.4 Å². The summed E-state index contributed by atoms with van der Waals surface area (Å²) in [6.45, 7) is 6.37. The number of nitrogens with zero attached hydrogens (tertiary/aromatic N) is 1. The van der Waals surface area contributed by atoms with E-state index < -0.39 is 6.04 Å². The largest absolute Gasteiger partial charge is 0.353 e. The Morgan fingerprint density at radius 3 is 2.29 bits per heavy atom. The molecule has 1 aliphatic heterocycles. The Morgan fingerprint density at radius 2 is 1.81 bits per heavy atom. The summed E-state index contributed by atoms with van der Waals surface area (Å²) in [4.78, 5) is 36.4. The van der Waals surface area contributed by atoms with Crippen LogP contribution < -0.4 is 16.4 Å². The molecule has 0 aliphatic carbocycles. The zero-order valence-corrected chi connectivity index (χ0v) is 13.0. The molecule has 3 amide bonds. The van der Waals surface area contributed by atoms with Crippen LogP contribution in [0.5, 0.6) is 0 Å². The van der Waals surface area contributed by atoms with Gasteiger partial charge in [-0.25, -0.2) is 0 Å². The van der Waals surface area contributed by atoms with Crippen molar-refractivity contribution in [2.45, 2.75) is 45.7 Å². The summed E-state index contributed by atoms with van der Waals surface area (Å²) in [5.41, 5.74) is 5.71. The zero-order valence-electron chi connectivity index (χ0n) is 13.0. The summed E-state index contributed by atoms with van der Waals surface area (Å²) in [6, 6.07) is -0.459. The molecular weight excluding hydrogens is 272 g/mol. The van der Waals surface area contributed by atoms with Gasteiger partial charge in [-0.05, 0) is 18.8 Å². The number of amides is 3. The monoisotopic (exact) mass is 298 g/mol. The minimum Gasteiger partial charge on any atom is -0.353 e. The maximum absolute atomic E-state index is 12.0. The second-order valence-corrected chi connectivity index (χ2v) is 5.84. The lowest BCUT2D eigenvalue weighted by molar-refractivity contribution is -0.134. The fourth-order valence-electron chi connectivity index (χ4n) is 2.26. The van der Waals surface area contributed by atoms with Crippen LogP contribution in [0.2, 0.25) is 0 Å². The second-order valence-electron chi connectivity index (χ2n) is 5.84. The molecular formula is C14H26N4O3. The summed E-state index contributed by atoms with van der Waals surface area (Å²) < 4.78 is 0. The van der Waals surface area contributed by atoms with Gasteiger partial charge in [0.15, 0.2) is 0 Å². The summed E-state index contributed by atoms with van der Waals surface area (Å²) in [6.07, 6.45) is 1.48. The van der Waals surface area contributed by atoms with Crippen molar-refractivity contribution < 1.29 is 14.4 Å². The molecule has 7 nitrogen and oxygen atoms in total. The van der Waals surface area contributed by atoms with E-state index >= 15 is 0 Å². The van der Waals surface area contributed by atoms with Gasteiger partial charge in [-0.15, -0.1) is 0 Å². The molecule has 0 radical (unpaired) electrons. The Morgan fingerprint density at radius 1 is 1.24 bits per heavy atom. The minimum absolute atomic E-state index is 0.0238. The van der Waals surface area contributed by atoms with Crippen LogP contribution in [0, 0.1) is 5.92 Å². The van der Waals surface area contributed by atoms with Gasteiger partial charge in [0.2, 0.25) is 17.7 Å². The SMILES string of the molecule is CC(=O)NC1CCN(C(=O)CNC(=O)[C@@H](N)C(C)C)CC1. The molecule has 0 saturated carbocycles. The third-order valence-corrected chi connectivity index (χ3v) is 3.69. The average Bonchev–Trinajstić information content (AvgIpc) is 2.43. The molecule has 0 aromatic carbocycles. The number of carbonyl (C=O) groups excluding carboxylic acids is 3. The van der Waals surface area contributed by atoms with Gasteiger partial charge < -0.3 is 21.3 Å². The van der Waals surface area contributed by atoms with Crippen LogP contribution in [0.15, 0.2) is 0 Å². The van der Waals surface area contributed by atoms with Gasteiger partial charge in [0, 0.05) is 26.1 Å². The van der Waals surface area contributed by atoms with E-state index in [4.69, 9.17) is 5.73 Å². The van der Waals surface area contributed by atoms with Gasteiger partial charge in [0.05, 0.1) is 12.6 Å². The smallest absolute Gasteiger partial charge is 0.241 e. The first kappa shape index (κ1) is 17.4. The van der Waals surface area contributed by atoms with E-state index in [0.717, 1.165) is 12.8 Å². The lowest BCUT2D eigenvalue weighted by Gasteiger charge is -2.32. The maximum atomic E-state index is 12.0. The molecule has 1 heterocycles. The van der Waals surface area contributed by atoms with Gasteiger partial charge in [0.1, 0.15) is 0 Å². The summed E-state index contributed by atoms with van der Waals surface area (Å²) in [5.74, 6) is -0.421.